The number of hydrogen-bond donors (Lipinski definition) is 2. The maximum atomic E-state index is 11.4. The Morgan fingerprint density at radius 2 is 1.62 bits per heavy atom. The number of carbonyl (C=O) groups is 1. The number of nitrogens with zero attached hydrogens (tertiary/aromatic N) is 1. The van der Waals surface area contributed by atoms with Crippen molar-refractivity contribution in [3.8, 4) is 11.5 Å². The Morgan fingerprint density at radius 3 is 2.17 bits per heavy atom. The number of rotatable bonds is 7. The highest BCUT2D eigenvalue weighted by Crippen LogP contribution is 2.24. The standard InChI is InChI=1S/C21H21N3O3.2ClH/c1-26-21(25)19(22)14-15-5-9-17(10-6-15)27-18-11-7-16(8-12-18)24-20-4-2-3-13-23-20;;/h2-13,19H,14,22H2,1H3,(H,23,24);2*1H/t19-;;/m0../s1. The van der Waals surface area contributed by atoms with Gasteiger partial charge < -0.3 is 20.5 Å². The summed E-state index contributed by atoms with van der Waals surface area (Å²) in [6.45, 7) is 0. The zero-order valence-corrected chi connectivity index (χ0v) is 17.4. The highest BCUT2D eigenvalue weighted by molar-refractivity contribution is 5.85. The Balaban J connectivity index is 0.00000210. The van der Waals surface area contributed by atoms with Gasteiger partial charge in [0, 0.05) is 11.9 Å². The van der Waals surface area contributed by atoms with Crippen LogP contribution in [0.1, 0.15) is 5.56 Å². The van der Waals surface area contributed by atoms with Gasteiger partial charge in [0.15, 0.2) is 0 Å². The second-order valence-electron chi connectivity index (χ2n) is 5.94. The first-order chi connectivity index (χ1) is 13.1. The zero-order chi connectivity index (χ0) is 19.1. The van der Waals surface area contributed by atoms with Crippen molar-refractivity contribution in [2.45, 2.75) is 12.5 Å². The molecule has 1 atom stereocenters. The molecule has 0 radical (unpaired) electrons. The number of nitrogens with two attached hydrogens (primary N) is 1. The first kappa shape index (κ1) is 24.2. The van der Waals surface area contributed by atoms with Gasteiger partial charge in [-0.3, -0.25) is 4.79 Å². The molecule has 8 heteroatoms. The minimum Gasteiger partial charge on any atom is -0.468 e. The summed E-state index contributed by atoms with van der Waals surface area (Å²) in [5.41, 5.74) is 7.64. The number of benzene rings is 2. The Kier molecular flexibility index (Phi) is 9.96. The number of halogens is 2. The van der Waals surface area contributed by atoms with Crippen LogP contribution in [0.4, 0.5) is 11.5 Å². The molecule has 1 heterocycles. The maximum Gasteiger partial charge on any atom is 0.322 e. The first-order valence-corrected chi connectivity index (χ1v) is 8.52. The van der Waals surface area contributed by atoms with Gasteiger partial charge >= 0.3 is 5.97 Å². The summed E-state index contributed by atoms with van der Waals surface area (Å²) in [5, 5.41) is 3.22. The van der Waals surface area contributed by atoms with Crippen molar-refractivity contribution in [3.05, 3.63) is 78.5 Å². The van der Waals surface area contributed by atoms with Crippen LogP contribution in [0.25, 0.3) is 0 Å². The van der Waals surface area contributed by atoms with Crippen LogP contribution < -0.4 is 15.8 Å². The van der Waals surface area contributed by atoms with E-state index >= 15 is 0 Å². The molecule has 2 aromatic carbocycles. The molecule has 3 N–H and O–H groups in total. The van der Waals surface area contributed by atoms with Crippen LogP contribution in [0.5, 0.6) is 11.5 Å². The van der Waals surface area contributed by atoms with E-state index in [4.69, 9.17) is 10.5 Å². The lowest BCUT2D eigenvalue weighted by molar-refractivity contribution is -0.142. The third kappa shape index (κ3) is 7.27. The number of pyridine rings is 1. The van der Waals surface area contributed by atoms with Gasteiger partial charge in [0.05, 0.1) is 7.11 Å². The van der Waals surface area contributed by atoms with E-state index in [1.807, 2.05) is 66.7 Å². The molecule has 0 unspecified atom stereocenters. The summed E-state index contributed by atoms with van der Waals surface area (Å²) in [4.78, 5) is 15.6. The van der Waals surface area contributed by atoms with Crippen molar-refractivity contribution < 1.29 is 14.3 Å². The second-order valence-corrected chi connectivity index (χ2v) is 5.94. The van der Waals surface area contributed by atoms with Crippen LogP contribution in [0.3, 0.4) is 0 Å². The van der Waals surface area contributed by atoms with E-state index in [-0.39, 0.29) is 24.8 Å². The molecular formula is C21H23Cl2N3O3. The van der Waals surface area contributed by atoms with E-state index in [1.54, 1.807) is 6.20 Å². The van der Waals surface area contributed by atoms with E-state index < -0.39 is 12.0 Å². The molecule has 0 fully saturated rings. The van der Waals surface area contributed by atoms with Gasteiger partial charge in [-0.25, -0.2) is 4.98 Å². The van der Waals surface area contributed by atoms with Gasteiger partial charge in [0.25, 0.3) is 0 Å². The number of carbonyl (C=O) groups excluding carboxylic acids is 1. The molecule has 1 aromatic heterocycles. The lowest BCUT2D eigenvalue weighted by atomic mass is 10.1. The average molecular weight is 436 g/mol. The van der Waals surface area contributed by atoms with E-state index in [0.717, 1.165) is 22.8 Å². The van der Waals surface area contributed by atoms with Gasteiger partial charge in [-0.05, 0) is 60.5 Å². The molecule has 0 aliphatic carbocycles. The van der Waals surface area contributed by atoms with Crippen molar-refractivity contribution in [1.29, 1.82) is 0 Å². The molecule has 0 aliphatic rings. The molecule has 3 aromatic rings. The number of anilines is 2. The van der Waals surface area contributed by atoms with Gasteiger partial charge in [-0.2, -0.15) is 0 Å². The van der Waals surface area contributed by atoms with Crippen LogP contribution in [-0.4, -0.2) is 24.1 Å². The fourth-order valence-corrected chi connectivity index (χ4v) is 2.51. The lowest BCUT2D eigenvalue weighted by Crippen LogP contribution is -2.33. The third-order valence-corrected chi connectivity index (χ3v) is 3.91. The summed E-state index contributed by atoms with van der Waals surface area (Å²) in [6, 6.07) is 20.1. The van der Waals surface area contributed by atoms with Crippen molar-refractivity contribution in [1.82, 2.24) is 4.98 Å². The fraction of sp³-hybridized carbons (Fsp3) is 0.143. The van der Waals surface area contributed by atoms with Crippen LogP contribution in [0.15, 0.2) is 72.9 Å². The molecule has 0 bridgehead atoms. The van der Waals surface area contributed by atoms with Crippen LogP contribution in [-0.2, 0) is 16.0 Å². The number of methoxy groups -OCH3 is 1. The summed E-state index contributed by atoms with van der Waals surface area (Å²) in [6.07, 6.45) is 2.16. The Hall–Kier alpha value is -2.80. The highest BCUT2D eigenvalue weighted by atomic mass is 35.5. The van der Waals surface area contributed by atoms with Gasteiger partial charge in [-0.15, -0.1) is 24.8 Å². The summed E-state index contributed by atoms with van der Waals surface area (Å²) >= 11 is 0. The molecule has 0 spiro atoms. The highest BCUT2D eigenvalue weighted by Gasteiger charge is 2.14. The predicted octanol–water partition coefficient (Wildman–Crippen LogP) is 4.50. The molecule has 29 heavy (non-hydrogen) atoms. The number of nitrogens with one attached hydrogen (secondary N) is 1. The fourth-order valence-electron chi connectivity index (χ4n) is 2.51. The summed E-state index contributed by atoms with van der Waals surface area (Å²) < 4.78 is 10.5. The monoisotopic (exact) mass is 435 g/mol. The maximum absolute atomic E-state index is 11.4. The van der Waals surface area contributed by atoms with Crippen molar-refractivity contribution in [3.63, 3.8) is 0 Å². The van der Waals surface area contributed by atoms with E-state index in [9.17, 15) is 4.79 Å². The smallest absolute Gasteiger partial charge is 0.322 e. The average Bonchev–Trinajstić information content (AvgIpc) is 2.71. The number of aromatic nitrogens is 1. The van der Waals surface area contributed by atoms with Crippen LogP contribution in [0.2, 0.25) is 0 Å². The van der Waals surface area contributed by atoms with Crippen LogP contribution >= 0.6 is 24.8 Å². The van der Waals surface area contributed by atoms with Crippen molar-refractivity contribution in [2.75, 3.05) is 12.4 Å². The Morgan fingerprint density at radius 1 is 1.00 bits per heavy atom. The minimum absolute atomic E-state index is 0. The zero-order valence-electron chi connectivity index (χ0n) is 15.8. The Labute approximate surface area is 182 Å². The molecule has 0 saturated heterocycles. The van der Waals surface area contributed by atoms with Gasteiger partial charge in [-0.1, -0.05) is 18.2 Å². The van der Waals surface area contributed by atoms with E-state index in [0.29, 0.717) is 12.2 Å². The normalized spacial score (nSPS) is 10.7. The second kappa shape index (κ2) is 11.9. The van der Waals surface area contributed by atoms with Crippen LogP contribution in [0, 0.1) is 0 Å². The number of ether oxygens (including phenoxy) is 2. The molecule has 154 valence electrons. The molecular weight excluding hydrogens is 413 g/mol. The van der Waals surface area contributed by atoms with E-state index in [1.165, 1.54) is 7.11 Å². The van der Waals surface area contributed by atoms with Crippen molar-refractivity contribution in [2.24, 2.45) is 5.73 Å². The van der Waals surface area contributed by atoms with Gasteiger partial charge in [0.1, 0.15) is 23.4 Å². The summed E-state index contributed by atoms with van der Waals surface area (Å²) in [7, 11) is 1.33. The van der Waals surface area contributed by atoms with Gasteiger partial charge in [0.2, 0.25) is 0 Å². The molecule has 0 amide bonds. The molecule has 0 aliphatic heterocycles. The quantitative estimate of drug-likeness (QED) is 0.531. The Bertz CT molecular complexity index is 876. The predicted molar refractivity (Wildman–Crippen MR) is 119 cm³/mol. The molecule has 3 rings (SSSR count). The SMILES string of the molecule is COC(=O)[C@@H](N)Cc1ccc(Oc2ccc(Nc3ccccn3)cc2)cc1.Cl.Cl. The van der Waals surface area contributed by atoms with Crippen molar-refractivity contribution >= 4 is 42.3 Å². The third-order valence-electron chi connectivity index (χ3n) is 3.91. The van der Waals surface area contributed by atoms with E-state index in [2.05, 4.69) is 15.0 Å². The first-order valence-electron chi connectivity index (χ1n) is 8.52. The number of esters is 1. The molecule has 6 nitrogen and oxygen atoms in total. The minimum atomic E-state index is -0.666. The lowest BCUT2D eigenvalue weighted by Gasteiger charge is -2.11. The topological polar surface area (TPSA) is 86.5 Å². The molecule has 0 saturated carbocycles. The largest absolute Gasteiger partial charge is 0.468 e. The summed E-state index contributed by atoms with van der Waals surface area (Å²) in [5.74, 6) is 1.79. The number of hydrogen-bond acceptors (Lipinski definition) is 6.